The molecule has 32 heavy (non-hydrogen) atoms. The lowest BCUT2D eigenvalue weighted by Crippen LogP contribution is -2.37. The minimum Gasteiger partial charge on any atom is -0.378 e. The first-order chi connectivity index (χ1) is 15.6. The predicted molar refractivity (Wildman–Crippen MR) is 124 cm³/mol. The lowest BCUT2D eigenvalue weighted by molar-refractivity contribution is -0.113. The number of aromatic nitrogens is 3. The van der Waals surface area contributed by atoms with E-state index in [4.69, 9.17) is 10.00 Å². The zero-order chi connectivity index (χ0) is 22.3. The number of nitriles is 1. The largest absolute Gasteiger partial charge is 0.378 e. The van der Waals surface area contributed by atoms with Crippen LogP contribution >= 0.6 is 11.8 Å². The summed E-state index contributed by atoms with van der Waals surface area (Å²) in [6, 6.07) is 17.6. The van der Waals surface area contributed by atoms with Crippen molar-refractivity contribution in [3.05, 3.63) is 59.7 Å². The van der Waals surface area contributed by atoms with E-state index in [1.54, 1.807) is 12.1 Å². The number of carbonyl (C=O) groups excluding carboxylic acids is 1. The summed E-state index contributed by atoms with van der Waals surface area (Å²) in [6.07, 6.45) is 0.351. The van der Waals surface area contributed by atoms with Crippen molar-refractivity contribution in [2.45, 2.75) is 18.5 Å². The Morgan fingerprint density at radius 1 is 1.19 bits per heavy atom. The van der Waals surface area contributed by atoms with Gasteiger partial charge in [-0.3, -0.25) is 9.36 Å². The number of nitrogens with one attached hydrogen (secondary N) is 1. The van der Waals surface area contributed by atoms with Crippen LogP contribution in [0.5, 0.6) is 0 Å². The molecule has 0 saturated carbocycles. The van der Waals surface area contributed by atoms with E-state index in [0.29, 0.717) is 30.5 Å². The van der Waals surface area contributed by atoms with Gasteiger partial charge >= 0.3 is 0 Å². The molecule has 3 aromatic rings. The van der Waals surface area contributed by atoms with Gasteiger partial charge in [-0.1, -0.05) is 36.0 Å². The maximum Gasteiger partial charge on any atom is 0.234 e. The van der Waals surface area contributed by atoms with Gasteiger partial charge in [-0.05, 0) is 42.3 Å². The third kappa shape index (κ3) is 5.28. The molecule has 164 valence electrons. The number of aryl methyl sites for hydroxylation is 1. The number of rotatable bonds is 7. The van der Waals surface area contributed by atoms with Crippen molar-refractivity contribution in [2.24, 2.45) is 0 Å². The number of thioether (sulfide) groups is 1. The molecule has 8 nitrogen and oxygen atoms in total. The van der Waals surface area contributed by atoms with E-state index in [1.165, 1.54) is 11.8 Å². The number of hydrogen-bond acceptors (Lipinski definition) is 7. The van der Waals surface area contributed by atoms with E-state index in [0.717, 1.165) is 35.9 Å². The summed E-state index contributed by atoms with van der Waals surface area (Å²) in [6.45, 7) is 4.84. The highest BCUT2D eigenvalue weighted by Crippen LogP contribution is 2.27. The summed E-state index contributed by atoms with van der Waals surface area (Å²) in [4.78, 5) is 14.7. The van der Waals surface area contributed by atoms with E-state index in [2.05, 4.69) is 32.5 Å². The summed E-state index contributed by atoms with van der Waals surface area (Å²) < 4.78 is 7.48. The second kappa shape index (κ2) is 10.3. The molecule has 0 bridgehead atoms. The number of carbonyl (C=O) groups is 1. The third-order valence-electron chi connectivity index (χ3n) is 5.02. The number of benzene rings is 2. The molecule has 1 amide bonds. The molecule has 9 heteroatoms. The average Bonchev–Trinajstić information content (AvgIpc) is 3.24. The molecule has 0 aliphatic carbocycles. The van der Waals surface area contributed by atoms with E-state index >= 15 is 0 Å². The van der Waals surface area contributed by atoms with Crippen molar-refractivity contribution < 1.29 is 9.53 Å². The van der Waals surface area contributed by atoms with Gasteiger partial charge in [-0.15, -0.1) is 10.2 Å². The Morgan fingerprint density at radius 2 is 1.97 bits per heavy atom. The average molecular weight is 449 g/mol. The Balaban J connectivity index is 1.49. The first-order valence-electron chi connectivity index (χ1n) is 10.4. The van der Waals surface area contributed by atoms with Crippen molar-refractivity contribution >= 4 is 29.3 Å². The van der Waals surface area contributed by atoms with Crippen LogP contribution in [0.4, 0.5) is 11.6 Å². The Morgan fingerprint density at radius 3 is 2.69 bits per heavy atom. The van der Waals surface area contributed by atoms with Crippen LogP contribution in [-0.2, 0) is 16.0 Å². The number of amides is 1. The van der Waals surface area contributed by atoms with E-state index in [9.17, 15) is 4.79 Å². The molecule has 2 aromatic carbocycles. The third-order valence-corrected chi connectivity index (χ3v) is 5.95. The minimum absolute atomic E-state index is 0.130. The molecule has 1 N–H and O–H groups in total. The zero-order valence-corrected chi connectivity index (χ0v) is 18.6. The molecule has 1 saturated heterocycles. The Kier molecular flexibility index (Phi) is 7.04. The van der Waals surface area contributed by atoms with E-state index < -0.39 is 0 Å². The molecule has 0 unspecified atom stereocenters. The molecule has 1 aliphatic rings. The highest BCUT2D eigenvalue weighted by molar-refractivity contribution is 7.99. The van der Waals surface area contributed by atoms with Crippen molar-refractivity contribution in [1.29, 1.82) is 5.26 Å². The zero-order valence-electron chi connectivity index (χ0n) is 17.8. The lowest BCUT2D eigenvalue weighted by Gasteiger charge is -2.28. The standard InChI is InChI=1S/C23H24N6O2S/c1-17-3-2-4-20(15-17)29-22(28-11-13-31-14-12-28)26-27-23(29)32-16-21(30)25-19-7-5-18(6-8-19)9-10-24/h2-8,15H,9,11-14,16H2,1H3,(H,25,30). The van der Waals surface area contributed by atoms with E-state index in [-0.39, 0.29) is 11.7 Å². The number of ether oxygens (including phenoxy) is 1. The van der Waals surface area contributed by atoms with Crippen LogP contribution in [0.3, 0.4) is 0 Å². The predicted octanol–water partition coefficient (Wildman–Crippen LogP) is 3.21. The Labute approximate surface area is 191 Å². The van der Waals surface area contributed by atoms with Gasteiger partial charge in [0, 0.05) is 18.8 Å². The summed E-state index contributed by atoms with van der Waals surface area (Å²) >= 11 is 1.35. The van der Waals surface area contributed by atoms with Gasteiger partial charge in [0.05, 0.1) is 37.1 Å². The smallest absolute Gasteiger partial charge is 0.234 e. The van der Waals surface area contributed by atoms with Crippen LogP contribution in [-0.4, -0.2) is 52.7 Å². The quantitative estimate of drug-likeness (QED) is 0.555. The SMILES string of the molecule is Cc1cccc(-n2c(SCC(=O)Nc3ccc(CC#N)cc3)nnc2N2CCOCC2)c1. The molecule has 0 atom stereocenters. The first-order valence-corrected chi connectivity index (χ1v) is 11.4. The molecule has 1 aromatic heterocycles. The van der Waals surface area contributed by atoms with E-state index in [1.807, 2.05) is 41.8 Å². The van der Waals surface area contributed by atoms with Gasteiger partial charge in [0.15, 0.2) is 5.16 Å². The van der Waals surface area contributed by atoms with Gasteiger partial charge in [0.2, 0.25) is 11.9 Å². The minimum atomic E-state index is -0.130. The maximum absolute atomic E-state index is 12.5. The lowest BCUT2D eigenvalue weighted by atomic mass is 10.1. The van der Waals surface area contributed by atoms with Crippen molar-refractivity contribution in [1.82, 2.24) is 14.8 Å². The van der Waals surface area contributed by atoms with Crippen molar-refractivity contribution in [3.8, 4) is 11.8 Å². The summed E-state index contributed by atoms with van der Waals surface area (Å²) in [5.41, 5.74) is 3.72. The summed E-state index contributed by atoms with van der Waals surface area (Å²) in [7, 11) is 0. The maximum atomic E-state index is 12.5. The number of morpholine rings is 1. The molecule has 0 spiro atoms. The van der Waals surface area contributed by atoms with Crippen LogP contribution in [0.25, 0.3) is 5.69 Å². The fraction of sp³-hybridized carbons (Fsp3) is 0.304. The van der Waals surface area contributed by atoms with Gasteiger partial charge < -0.3 is 15.0 Å². The van der Waals surface area contributed by atoms with Crippen molar-refractivity contribution in [3.63, 3.8) is 0 Å². The van der Waals surface area contributed by atoms with Gasteiger partial charge in [0.1, 0.15) is 0 Å². The number of hydrogen-bond donors (Lipinski definition) is 1. The normalized spacial score (nSPS) is 13.6. The number of nitrogens with zero attached hydrogens (tertiary/aromatic N) is 5. The van der Waals surface area contributed by atoms with Crippen LogP contribution in [0.1, 0.15) is 11.1 Å². The van der Waals surface area contributed by atoms with Crippen LogP contribution in [0, 0.1) is 18.3 Å². The van der Waals surface area contributed by atoms with Crippen LogP contribution in [0.15, 0.2) is 53.7 Å². The molecule has 0 radical (unpaired) electrons. The summed E-state index contributed by atoms with van der Waals surface area (Å²) in [5.74, 6) is 0.831. The van der Waals surface area contributed by atoms with Gasteiger partial charge in [0.25, 0.3) is 0 Å². The highest BCUT2D eigenvalue weighted by Gasteiger charge is 2.22. The summed E-state index contributed by atoms with van der Waals surface area (Å²) in [5, 5.41) is 21.2. The first kappa shape index (κ1) is 21.9. The molecule has 1 fully saturated rings. The van der Waals surface area contributed by atoms with Crippen LogP contribution in [0.2, 0.25) is 0 Å². The van der Waals surface area contributed by atoms with Crippen LogP contribution < -0.4 is 10.2 Å². The molecule has 4 rings (SSSR count). The molecule has 2 heterocycles. The topological polar surface area (TPSA) is 96.1 Å². The monoisotopic (exact) mass is 448 g/mol. The Bertz CT molecular complexity index is 1120. The second-order valence-electron chi connectivity index (χ2n) is 7.43. The van der Waals surface area contributed by atoms with Gasteiger partial charge in [-0.25, -0.2) is 0 Å². The fourth-order valence-corrected chi connectivity index (χ4v) is 4.19. The number of anilines is 2. The molecular formula is C23H24N6O2S. The molecule has 1 aliphatic heterocycles. The molecular weight excluding hydrogens is 424 g/mol. The highest BCUT2D eigenvalue weighted by atomic mass is 32.2. The van der Waals surface area contributed by atoms with Gasteiger partial charge in [-0.2, -0.15) is 5.26 Å². The second-order valence-corrected chi connectivity index (χ2v) is 8.37. The fourth-order valence-electron chi connectivity index (χ4n) is 3.44. The van der Waals surface area contributed by atoms with Crippen molar-refractivity contribution in [2.75, 3.05) is 42.3 Å². The Hall–Kier alpha value is -3.35.